The minimum Gasteiger partial charge on any atom is -0.378 e. The highest BCUT2D eigenvalue weighted by Gasteiger charge is 2.13. The van der Waals surface area contributed by atoms with Crippen LogP contribution in [0.3, 0.4) is 0 Å². The van der Waals surface area contributed by atoms with E-state index in [-0.39, 0.29) is 11.2 Å². The lowest BCUT2D eigenvalue weighted by Crippen LogP contribution is -2.20. The van der Waals surface area contributed by atoms with Gasteiger partial charge < -0.3 is 9.47 Å². The molecule has 0 aliphatic carbocycles. The predicted octanol–water partition coefficient (Wildman–Crippen LogP) is 12.6. The van der Waals surface area contributed by atoms with Gasteiger partial charge in [-0.25, -0.2) is 0 Å². The van der Waals surface area contributed by atoms with Crippen LogP contribution in [0.5, 0.6) is 0 Å². The molecule has 0 aliphatic rings. The zero-order chi connectivity index (χ0) is 33.4. The molecule has 0 spiro atoms. The number of hydrogen-bond acceptors (Lipinski definition) is 2. The lowest BCUT2D eigenvalue weighted by Gasteiger charge is -2.20. The van der Waals surface area contributed by atoms with Crippen LogP contribution < -0.4 is 0 Å². The average Bonchev–Trinajstić information content (AvgIpc) is 2.95. The number of allylic oxidation sites excluding steroid dienone is 20. The van der Waals surface area contributed by atoms with Gasteiger partial charge in [0.15, 0.2) is 0 Å². The Balaban J connectivity index is 4.60. The Kier molecular flexibility index (Phi) is 21.9. The molecular weight excluding hydrogens is 536 g/mol. The summed E-state index contributed by atoms with van der Waals surface area (Å²) in [5, 5.41) is 0. The average molecular weight is 601 g/mol. The highest BCUT2D eigenvalue weighted by Crippen LogP contribution is 2.16. The number of rotatable bonds is 20. The third-order valence-electron chi connectivity index (χ3n) is 7.40. The molecule has 0 aromatic carbocycles. The summed E-state index contributed by atoms with van der Waals surface area (Å²) in [6.07, 6.45) is 41.0. The van der Waals surface area contributed by atoms with Crippen molar-refractivity contribution in [1.29, 1.82) is 0 Å². The van der Waals surface area contributed by atoms with Crippen LogP contribution in [0.4, 0.5) is 0 Å². The first-order valence-corrected chi connectivity index (χ1v) is 16.2. The third kappa shape index (κ3) is 24.5. The van der Waals surface area contributed by atoms with Gasteiger partial charge in [0.2, 0.25) is 0 Å². The van der Waals surface area contributed by atoms with Crippen LogP contribution in [0.15, 0.2) is 131 Å². The molecule has 0 unspecified atom stereocenters. The maximum atomic E-state index is 5.47. The monoisotopic (exact) mass is 600 g/mol. The van der Waals surface area contributed by atoms with Gasteiger partial charge in [-0.3, -0.25) is 0 Å². The highest BCUT2D eigenvalue weighted by atomic mass is 16.5. The summed E-state index contributed by atoms with van der Waals surface area (Å²) in [5.74, 6) is 0. The molecule has 2 heteroatoms. The Bertz CT molecular complexity index is 1070. The first-order valence-electron chi connectivity index (χ1n) is 16.2. The molecule has 0 rings (SSSR count). The second kappa shape index (κ2) is 23.4. The van der Waals surface area contributed by atoms with E-state index in [0.29, 0.717) is 0 Å². The molecule has 0 aliphatic heterocycles. The minimum atomic E-state index is -0.103. The Hall–Kier alpha value is -2.94. The molecule has 0 aromatic heterocycles. The number of ether oxygens (including phenoxy) is 2. The van der Waals surface area contributed by atoms with Crippen LogP contribution in [-0.4, -0.2) is 25.4 Å². The van der Waals surface area contributed by atoms with Gasteiger partial charge in [0.25, 0.3) is 0 Å². The first kappa shape index (κ1) is 41.1. The van der Waals surface area contributed by atoms with E-state index in [2.05, 4.69) is 166 Å². The topological polar surface area (TPSA) is 18.5 Å². The van der Waals surface area contributed by atoms with Gasteiger partial charge in [0, 0.05) is 14.2 Å². The molecule has 2 nitrogen and oxygen atoms in total. The lowest BCUT2D eigenvalue weighted by atomic mass is 10.0. The molecule has 0 amide bonds. The predicted molar refractivity (Wildman–Crippen MR) is 198 cm³/mol. The molecular formula is C42H64O2. The second-order valence-corrected chi connectivity index (χ2v) is 13.1. The van der Waals surface area contributed by atoms with Gasteiger partial charge in [-0.05, 0) is 108 Å². The van der Waals surface area contributed by atoms with E-state index in [1.54, 1.807) is 14.2 Å². The zero-order valence-corrected chi connectivity index (χ0v) is 30.3. The largest absolute Gasteiger partial charge is 0.378 e. The number of hydrogen-bond donors (Lipinski definition) is 0. The Morgan fingerprint density at radius 2 is 0.841 bits per heavy atom. The van der Waals surface area contributed by atoms with Crippen LogP contribution in [-0.2, 0) is 9.47 Å². The zero-order valence-electron chi connectivity index (χ0n) is 30.3. The fraction of sp³-hybridized carbons (Fsp3) is 0.476. The SMILES string of the molecule is COC(C)(C)C/C=C/C(C)=C/CC/C(C)=C/C=C/C(C)=C/C=C/C=C(C)/C=C/C=C(\C)CC/C=C(C)/C=C/CC(C)(C)OC. The maximum absolute atomic E-state index is 5.47. The van der Waals surface area contributed by atoms with Crippen LogP contribution in [0.2, 0.25) is 0 Å². The van der Waals surface area contributed by atoms with E-state index in [4.69, 9.17) is 9.47 Å². The van der Waals surface area contributed by atoms with Crippen molar-refractivity contribution in [3.63, 3.8) is 0 Å². The van der Waals surface area contributed by atoms with Crippen molar-refractivity contribution in [2.45, 2.75) is 119 Å². The van der Waals surface area contributed by atoms with Crippen LogP contribution in [0.25, 0.3) is 0 Å². The minimum absolute atomic E-state index is 0.103. The smallest absolute Gasteiger partial charge is 0.0657 e. The van der Waals surface area contributed by atoms with E-state index in [9.17, 15) is 0 Å². The van der Waals surface area contributed by atoms with Crippen molar-refractivity contribution in [3.8, 4) is 0 Å². The van der Waals surface area contributed by atoms with Crippen LogP contribution in [0, 0.1) is 0 Å². The van der Waals surface area contributed by atoms with Gasteiger partial charge in [-0.1, -0.05) is 131 Å². The summed E-state index contributed by atoms with van der Waals surface area (Å²) in [6, 6.07) is 0. The summed E-state index contributed by atoms with van der Waals surface area (Å²) >= 11 is 0. The molecule has 0 aromatic rings. The van der Waals surface area contributed by atoms with Crippen molar-refractivity contribution in [2.24, 2.45) is 0 Å². The molecule has 44 heavy (non-hydrogen) atoms. The molecule has 0 bridgehead atoms. The summed E-state index contributed by atoms with van der Waals surface area (Å²) in [7, 11) is 3.53. The lowest BCUT2D eigenvalue weighted by molar-refractivity contribution is 0.0252. The van der Waals surface area contributed by atoms with Crippen molar-refractivity contribution in [3.05, 3.63) is 131 Å². The molecule has 0 fully saturated rings. The normalized spacial score (nSPS) is 15.9. The standard InChI is InChI=1S/C42H64O2/c1-35(23-15-25-37(3)27-17-29-39(5)31-19-33-41(7,8)43-11)21-13-14-22-36(2)24-16-26-38(4)28-18-30-40(6)32-20-34-42(9,10)44-12/h13-16,19-26,29-32H,17-18,27-28,33-34H2,1-12H3/b14-13+,23-15+,24-16+,31-19+,32-20+,35-21+,36-22+,37-25+,38-26+,39-29+,40-30+. The summed E-state index contributed by atoms with van der Waals surface area (Å²) in [4.78, 5) is 0. The van der Waals surface area contributed by atoms with E-state index in [0.717, 1.165) is 38.5 Å². The fourth-order valence-corrected chi connectivity index (χ4v) is 3.84. The maximum Gasteiger partial charge on any atom is 0.0657 e. The van der Waals surface area contributed by atoms with Gasteiger partial charge in [-0.2, -0.15) is 0 Å². The molecule has 0 atom stereocenters. The quantitative estimate of drug-likeness (QED) is 0.129. The fourth-order valence-electron chi connectivity index (χ4n) is 3.84. The van der Waals surface area contributed by atoms with Crippen molar-refractivity contribution < 1.29 is 9.47 Å². The van der Waals surface area contributed by atoms with Crippen molar-refractivity contribution >= 4 is 0 Å². The molecule has 0 radical (unpaired) electrons. The highest BCUT2D eigenvalue weighted by molar-refractivity contribution is 5.30. The number of methoxy groups -OCH3 is 2. The van der Waals surface area contributed by atoms with Gasteiger partial charge >= 0.3 is 0 Å². The van der Waals surface area contributed by atoms with E-state index < -0.39 is 0 Å². The van der Waals surface area contributed by atoms with Crippen molar-refractivity contribution in [2.75, 3.05) is 14.2 Å². The third-order valence-corrected chi connectivity index (χ3v) is 7.40. The molecule has 244 valence electrons. The first-order chi connectivity index (χ1) is 20.7. The summed E-state index contributed by atoms with van der Waals surface area (Å²) in [6.45, 7) is 21.4. The second-order valence-electron chi connectivity index (χ2n) is 13.1. The van der Waals surface area contributed by atoms with Gasteiger partial charge in [-0.15, -0.1) is 0 Å². The summed E-state index contributed by atoms with van der Waals surface area (Å²) in [5.41, 5.74) is 7.62. The van der Waals surface area contributed by atoms with Gasteiger partial charge in [0.05, 0.1) is 11.2 Å². The van der Waals surface area contributed by atoms with E-state index in [1.165, 1.54) is 33.4 Å². The summed E-state index contributed by atoms with van der Waals surface area (Å²) < 4.78 is 10.9. The van der Waals surface area contributed by atoms with E-state index >= 15 is 0 Å². The Morgan fingerprint density at radius 3 is 1.18 bits per heavy atom. The Labute approximate surface area is 272 Å². The van der Waals surface area contributed by atoms with Gasteiger partial charge in [0.1, 0.15) is 0 Å². The van der Waals surface area contributed by atoms with Crippen molar-refractivity contribution in [1.82, 2.24) is 0 Å². The van der Waals surface area contributed by atoms with Crippen LogP contribution >= 0.6 is 0 Å². The van der Waals surface area contributed by atoms with E-state index in [1.807, 2.05) is 0 Å². The molecule has 0 N–H and O–H groups in total. The molecule has 0 heterocycles. The van der Waals surface area contributed by atoms with Crippen LogP contribution in [0.1, 0.15) is 108 Å². The molecule has 0 saturated heterocycles. The molecule has 0 saturated carbocycles. The Morgan fingerprint density at radius 1 is 0.477 bits per heavy atom.